The third kappa shape index (κ3) is 8.30. The standard InChI is InChI=1S/C22H35NO6/c1-20(2,3)16-13-15(11-10-12-27-23(25)26)14-17(21(4,5)6)18(16)28-19(24)29-22(7,8)9/h13-14H,10-12H2,1-9H3. The molecule has 1 rings (SSSR count). The number of carbonyl (C=O) groups is 1. The van der Waals surface area contributed by atoms with E-state index in [1.165, 1.54) is 0 Å². The first-order chi connectivity index (χ1) is 13.0. The lowest BCUT2D eigenvalue weighted by Crippen LogP contribution is -2.28. The van der Waals surface area contributed by atoms with Gasteiger partial charge in [0.25, 0.3) is 5.09 Å². The summed E-state index contributed by atoms with van der Waals surface area (Å²) >= 11 is 0. The number of nitrogens with zero attached hydrogens (tertiary/aromatic N) is 1. The molecule has 0 amide bonds. The summed E-state index contributed by atoms with van der Waals surface area (Å²) < 4.78 is 11.1. The Bertz CT molecular complexity index is 700. The van der Waals surface area contributed by atoms with Gasteiger partial charge < -0.3 is 14.3 Å². The van der Waals surface area contributed by atoms with Crippen molar-refractivity contribution in [3.05, 3.63) is 38.9 Å². The highest BCUT2D eigenvalue weighted by molar-refractivity contribution is 5.67. The molecule has 0 aromatic heterocycles. The van der Waals surface area contributed by atoms with E-state index >= 15 is 0 Å². The summed E-state index contributed by atoms with van der Waals surface area (Å²) in [5, 5.41) is 9.57. The molecule has 0 aliphatic rings. The van der Waals surface area contributed by atoms with Crippen molar-refractivity contribution in [3.8, 4) is 5.75 Å². The van der Waals surface area contributed by atoms with Crippen molar-refractivity contribution in [2.75, 3.05) is 6.61 Å². The van der Waals surface area contributed by atoms with Crippen LogP contribution in [0.2, 0.25) is 0 Å². The maximum Gasteiger partial charge on any atom is 0.514 e. The fourth-order valence-electron chi connectivity index (χ4n) is 2.83. The smallest absolute Gasteiger partial charge is 0.428 e. The SMILES string of the molecule is CC(C)(C)OC(=O)Oc1c(C(C)(C)C)cc(CCCO[N+](=O)[O-])cc1C(C)(C)C. The molecule has 0 bridgehead atoms. The van der Waals surface area contributed by atoms with Crippen LogP contribution < -0.4 is 4.74 Å². The predicted octanol–water partition coefficient (Wildman–Crippen LogP) is 5.74. The van der Waals surface area contributed by atoms with E-state index < -0.39 is 16.8 Å². The van der Waals surface area contributed by atoms with E-state index in [2.05, 4.69) is 46.4 Å². The molecule has 0 aliphatic heterocycles. The van der Waals surface area contributed by atoms with Crippen LogP contribution in [0.15, 0.2) is 12.1 Å². The zero-order chi connectivity index (χ0) is 22.6. The molecule has 0 spiro atoms. The van der Waals surface area contributed by atoms with E-state index in [0.717, 1.165) is 16.7 Å². The van der Waals surface area contributed by atoms with Gasteiger partial charge in [-0.1, -0.05) is 53.7 Å². The van der Waals surface area contributed by atoms with Crippen LogP contribution in [0, 0.1) is 10.1 Å². The van der Waals surface area contributed by atoms with E-state index in [1.54, 1.807) is 20.8 Å². The zero-order valence-electron chi connectivity index (χ0n) is 19.2. The first kappa shape index (κ1) is 24.7. The van der Waals surface area contributed by atoms with Crippen molar-refractivity contribution in [2.24, 2.45) is 0 Å². The number of hydrogen-bond donors (Lipinski definition) is 0. The molecular formula is C22H35NO6. The van der Waals surface area contributed by atoms with Gasteiger partial charge in [0.15, 0.2) is 0 Å². The van der Waals surface area contributed by atoms with Gasteiger partial charge in [0.1, 0.15) is 11.4 Å². The van der Waals surface area contributed by atoms with Crippen LogP contribution in [0.3, 0.4) is 0 Å². The molecule has 0 unspecified atom stereocenters. The molecule has 164 valence electrons. The van der Waals surface area contributed by atoms with Gasteiger partial charge in [-0.15, -0.1) is 10.1 Å². The lowest BCUT2D eigenvalue weighted by molar-refractivity contribution is -0.757. The number of hydrogen-bond acceptors (Lipinski definition) is 6. The molecule has 0 saturated heterocycles. The minimum atomic E-state index is -0.779. The fourth-order valence-corrected chi connectivity index (χ4v) is 2.83. The van der Waals surface area contributed by atoms with Crippen molar-refractivity contribution >= 4 is 6.16 Å². The molecule has 7 nitrogen and oxygen atoms in total. The Morgan fingerprint density at radius 1 is 0.966 bits per heavy atom. The summed E-state index contributed by atoms with van der Waals surface area (Å²) in [6.07, 6.45) is 0.397. The molecule has 0 aliphatic carbocycles. The first-order valence-electron chi connectivity index (χ1n) is 9.87. The van der Waals surface area contributed by atoms with E-state index in [0.29, 0.717) is 18.6 Å². The summed E-state index contributed by atoms with van der Waals surface area (Å²) in [5.41, 5.74) is 1.57. The van der Waals surface area contributed by atoms with Crippen LogP contribution in [0.4, 0.5) is 4.79 Å². The largest absolute Gasteiger partial charge is 0.514 e. The van der Waals surface area contributed by atoms with E-state index in [4.69, 9.17) is 9.47 Å². The number of aryl methyl sites for hydroxylation is 1. The quantitative estimate of drug-likeness (QED) is 0.196. The summed E-state index contributed by atoms with van der Waals surface area (Å²) in [5.74, 6) is 0.518. The molecule has 7 heteroatoms. The second-order valence-corrected chi connectivity index (χ2v) is 10.2. The maximum absolute atomic E-state index is 12.4. The molecule has 0 atom stereocenters. The topological polar surface area (TPSA) is 87.9 Å². The summed E-state index contributed by atoms with van der Waals surface area (Å²) in [6, 6.07) is 4.00. The molecule has 29 heavy (non-hydrogen) atoms. The molecule has 0 radical (unpaired) electrons. The van der Waals surface area contributed by atoms with Gasteiger partial charge in [0.05, 0.1) is 6.61 Å². The average molecular weight is 410 g/mol. The Balaban J connectivity index is 3.36. The molecule has 0 heterocycles. The number of ether oxygens (including phenoxy) is 2. The van der Waals surface area contributed by atoms with Gasteiger partial charge >= 0.3 is 6.16 Å². The maximum atomic E-state index is 12.4. The molecule has 0 N–H and O–H groups in total. The second kappa shape index (κ2) is 9.01. The van der Waals surface area contributed by atoms with Crippen LogP contribution >= 0.6 is 0 Å². The molecule has 0 fully saturated rings. The van der Waals surface area contributed by atoms with Gasteiger partial charge in [-0.05, 0) is 50.0 Å². The van der Waals surface area contributed by atoms with Gasteiger partial charge in [-0.25, -0.2) is 4.79 Å². The molecule has 1 aromatic carbocycles. The fraction of sp³-hybridized carbons (Fsp3) is 0.682. The molecular weight excluding hydrogens is 374 g/mol. The highest BCUT2D eigenvalue weighted by atomic mass is 16.9. The van der Waals surface area contributed by atoms with Crippen molar-refractivity contribution in [2.45, 2.75) is 91.6 Å². The van der Waals surface area contributed by atoms with Gasteiger partial charge in [-0.2, -0.15) is 0 Å². The minimum absolute atomic E-state index is 0.0405. The zero-order valence-corrected chi connectivity index (χ0v) is 19.2. The Morgan fingerprint density at radius 3 is 1.83 bits per heavy atom. The Labute approximate surface area is 173 Å². The highest BCUT2D eigenvalue weighted by Gasteiger charge is 2.30. The number of rotatable bonds is 6. The first-order valence-corrected chi connectivity index (χ1v) is 9.87. The normalized spacial score (nSPS) is 12.4. The summed E-state index contributed by atoms with van der Waals surface area (Å²) in [7, 11) is 0. The van der Waals surface area contributed by atoms with Crippen molar-refractivity contribution in [1.29, 1.82) is 0 Å². The predicted molar refractivity (Wildman–Crippen MR) is 112 cm³/mol. The Hall–Kier alpha value is -2.31. The summed E-state index contributed by atoms with van der Waals surface area (Å²) in [6.45, 7) is 17.7. The van der Waals surface area contributed by atoms with Gasteiger partial charge in [0, 0.05) is 11.1 Å². The Kier molecular flexibility index (Phi) is 7.68. The third-order valence-electron chi connectivity index (χ3n) is 4.15. The summed E-state index contributed by atoms with van der Waals surface area (Å²) in [4.78, 5) is 27.2. The van der Waals surface area contributed by atoms with Crippen molar-refractivity contribution in [1.82, 2.24) is 0 Å². The third-order valence-corrected chi connectivity index (χ3v) is 4.15. The highest BCUT2D eigenvalue weighted by Crippen LogP contribution is 2.41. The second-order valence-electron chi connectivity index (χ2n) is 10.2. The number of carbonyl (C=O) groups excluding carboxylic acids is 1. The van der Waals surface area contributed by atoms with Gasteiger partial charge in [0.2, 0.25) is 0 Å². The number of benzene rings is 1. The van der Waals surface area contributed by atoms with Crippen molar-refractivity contribution in [3.63, 3.8) is 0 Å². The van der Waals surface area contributed by atoms with Crippen LogP contribution in [-0.2, 0) is 26.8 Å². The Morgan fingerprint density at radius 2 is 1.45 bits per heavy atom. The minimum Gasteiger partial charge on any atom is -0.428 e. The van der Waals surface area contributed by atoms with E-state index in [9.17, 15) is 14.9 Å². The van der Waals surface area contributed by atoms with Crippen LogP contribution in [0.5, 0.6) is 5.75 Å². The molecule has 1 aromatic rings. The van der Waals surface area contributed by atoms with E-state index in [-0.39, 0.29) is 17.4 Å². The van der Waals surface area contributed by atoms with Crippen LogP contribution in [-0.4, -0.2) is 23.4 Å². The van der Waals surface area contributed by atoms with Gasteiger partial charge in [-0.3, -0.25) is 0 Å². The lowest BCUT2D eigenvalue weighted by Gasteiger charge is -2.30. The monoisotopic (exact) mass is 409 g/mol. The van der Waals surface area contributed by atoms with E-state index in [1.807, 2.05) is 12.1 Å². The van der Waals surface area contributed by atoms with Crippen LogP contribution in [0.25, 0.3) is 0 Å². The average Bonchev–Trinajstić information content (AvgIpc) is 2.48. The van der Waals surface area contributed by atoms with Crippen molar-refractivity contribution < 1.29 is 24.2 Å². The molecule has 0 saturated carbocycles. The van der Waals surface area contributed by atoms with Crippen LogP contribution in [0.1, 0.15) is 85.4 Å². The lowest BCUT2D eigenvalue weighted by atomic mass is 9.78.